The molecule has 28 heavy (non-hydrogen) atoms. The summed E-state index contributed by atoms with van der Waals surface area (Å²) in [6, 6.07) is 6.85. The average Bonchev–Trinajstić information content (AvgIpc) is 3.32. The van der Waals surface area contributed by atoms with Gasteiger partial charge in [0.15, 0.2) is 5.13 Å². The lowest BCUT2D eigenvalue weighted by atomic mass is 10.1. The van der Waals surface area contributed by atoms with Crippen molar-refractivity contribution in [2.24, 2.45) is 0 Å². The van der Waals surface area contributed by atoms with E-state index < -0.39 is 11.9 Å². The average molecular weight is 399 g/mol. The lowest BCUT2D eigenvalue weighted by Crippen LogP contribution is -2.09. The summed E-state index contributed by atoms with van der Waals surface area (Å²) in [6.07, 6.45) is 1.78. The fourth-order valence-corrected chi connectivity index (χ4v) is 3.78. The van der Waals surface area contributed by atoms with Gasteiger partial charge in [0, 0.05) is 35.2 Å². The fraction of sp³-hybridized carbons (Fsp3) is 0.250. The molecule has 8 heteroatoms. The van der Waals surface area contributed by atoms with Crippen molar-refractivity contribution in [1.82, 2.24) is 9.55 Å². The zero-order valence-electron chi connectivity index (χ0n) is 16.1. The molecule has 7 nitrogen and oxygen atoms in total. The molecule has 2 aromatic heterocycles. The Morgan fingerprint density at radius 3 is 2.25 bits per heavy atom. The number of hydrogen-bond acceptors (Lipinski definition) is 7. The van der Waals surface area contributed by atoms with Crippen molar-refractivity contribution in [2.45, 2.75) is 20.4 Å². The number of methoxy groups -OCH3 is 2. The number of esters is 2. The van der Waals surface area contributed by atoms with Gasteiger partial charge in [-0.05, 0) is 43.7 Å². The van der Waals surface area contributed by atoms with Crippen LogP contribution < -0.4 is 5.32 Å². The number of aryl methyl sites for hydroxylation is 1. The van der Waals surface area contributed by atoms with Crippen LogP contribution in [-0.4, -0.2) is 35.7 Å². The second kappa shape index (κ2) is 8.26. The molecule has 1 N–H and O–H groups in total. The van der Waals surface area contributed by atoms with Crippen LogP contribution in [0.4, 0.5) is 5.69 Å². The molecule has 0 aliphatic rings. The van der Waals surface area contributed by atoms with Gasteiger partial charge >= 0.3 is 11.9 Å². The van der Waals surface area contributed by atoms with E-state index in [0.717, 1.165) is 22.1 Å². The van der Waals surface area contributed by atoms with Crippen LogP contribution in [0.15, 0.2) is 35.8 Å². The number of aromatic nitrogens is 2. The molecule has 0 aliphatic carbocycles. The summed E-state index contributed by atoms with van der Waals surface area (Å²) in [6.45, 7) is 4.59. The van der Waals surface area contributed by atoms with Gasteiger partial charge in [-0.1, -0.05) is 0 Å². The number of carbonyl (C=O) groups excluding carboxylic acids is 2. The first-order valence-electron chi connectivity index (χ1n) is 8.58. The van der Waals surface area contributed by atoms with Crippen LogP contribution in [0, 0.1) is 13.8 Å². The third kappa shape index (κ3) is 3.91. The number of rotatable bonds is 6. The first-order chi connectivity index (χ1) is 13.4. The summed E-state index contributed by atoms with van der Waals surface area (Å²) in [5.74, 6) is -1.04. The maximum Gasteiger partial charge on any atom is 0.337 e. The Labute approximate surface area is 166 Å². The molecule has 0 spiro atoms. The number of benzene rings is 1. The standard InChI is InChI=1S/C20H21N3O4S/c1-12-7-16(13(2)23(12)20-21-5-6-28-20)11-22-17-9-14(18(24)26-3)8-15(10-17)19(25)27-4/h5-10,22H,11H2,1-4H3. The minimum atomic E-state index is -0.518. The van der Waals surface area contributed by atoms with Gasteiger partial charge in [0.25, 0.3) is 0 Å². The van der Waals surface area contributed by atoms with E-state index in [2.05, 4.69) is 20.9 Å². The van der Waals surface area contributed by atoms with Crippen molar-refractivity contribution in [3.63, 3.8) is 0 Å². The van der Waals surface area contributed by atoms with E-state index in [1.807, 2.05) is 19.2 Å². The van der Waals surface area contributed by atoms with Gasteiger partial charge in [-0.2, -0.15) is 0 Å². The van der Waals surface area contributed by atoms with Crippen LogP contribution in [0.1, 0.15) is 37.7 Å². The van der Waals surface area contributed by atoms with Crippen molar-refractivity contribution in [2.75, 3.05) is 19.5 Å². The smallest absolute Gasteiger partial charge is 0.337 e. The Morgan fingerprint density at radius 1 is 1.07 bits per heavy atom. The van der Waals surface area contributed by atoms with E-state index in [1.54, 1.807) is 29.7 Å². The Kier molecular flexibility index (Phi) is 5.79. The third-order valence-electron chi connectivity index (χ3n) is 4.40. The van der Waals surface area contributed by atoms with Crippen LogP contribution >= 0.6 is 11.3 Å². The minimum absolute atomic E-state index is 0.279. The number of nitrogens with zero attached hydrogens (tertiary/aromatic N) is 2. The zero-order valence-corrected chi connectivity index (χ0v) is 16.9. The molecule has 0 atom stereocenters. The zero-order chi connectivity index (χ0) is 20.3. The molecule has 2 heterocycles. The van der Waals surface area contributed by atoms with Crippen molar-refractivity contribution in [3.05, 3.63) is 63.9 Å². The van der Waals surface area contributed by atoms with E-state index in [4.69, 9.17) is 9.47 Å². The number of nitrogens with one attached hydrogen (secondary N) is 1. The topological polar surface area (TPSA) is 82.5 Å². The maximum absolute atomic E-state index is 11.9. The van der Waals surface area contributed by atoms with Crippen molar-refractivity contribution >= 4 is 29.0 Å². The minimum Gasteiger partial charge on any atom is -0.465 e. The molecule has 0 unspecified atom stereocenters. The van der Waals surface area contributed by atoms with Crippen molar-refractivity contribution in [3.8, 4) is 5.13 Å². The Balaban J connectivity index is 1.87. The third-order valence-corrected chi connectivity index (χ3v) is 5.16. The summed E-state index contributed by atoms with van der Waals surface area (Å²) < 4.78 is 11.7. The monoisotopic (exact) mass is 399 g/mol. The summed E-state index contributed by atoms with van der Waals surface area (Å²) in [5, 5.41) is 6.14. The van der Waals surface area contributed by atoms with E-state index in [0.29, 0.717) is 12.2 Å². The van der Waals surface area contributed by atoms with Gasteiger partial charge in [-0.3, -0.25) is 4.57 Å². The molecule has 0 saturated heterocycles. The molecular weight excluding hydrogens is 378 g/mol. The molecule has 146 valence electrons. The van der Waals surface area contributed by atoms with E-state index in [9.17, 15) is 9.59 Å². The molecule has 3 rings (SSSR count). The van der Waals surface area contributed by atoms with E-state index >= 15 is 0 Å². The first kappa shape index (κ1) is 19.6. The van der Waals surface area contributed by atoms with E-state index in [1.165, 1.54) is 20.3 Å². The summed E-state index contributed by atoms with van der Waals surface area (Å²) in [7, 11) is 2.60. The van der Waals surface area contributed by atoms with Crippen molar-refractivity contribution < 1.29 is 19.1 Å². The van der Waals surface area contributed by atoms with Crippen molar-refractivity contribution in [1.29, 1.82) is 0 Å². The molecule has 0 fully saturated rings. The lowest BCUT2D eigenvalue weighted by molar-refractivity contribution is 0.0599. The molecule has 0 radical (unpaired) electrons. The predicted octanol–water partition coefficient (Wildman–Crippen LogP) is 3.74. The largest absolute Gasteiger partial charge is 0.465 e. The highest BCUT2D eigenvalue weighted by atomic mass is 32.1. The van der Waals surface area contributed by atoms with Gasteiger partial charge in [-0.15, -0.1) is 11.3 Å². The predicted molar refractivity (Wildman–Crippen MR) is 107 cm³/mol. The molecule has 0 amide bonds. The van der Waals surface area contributed by atoms with Gasteiger partial charge in [-0.25, -0.2) is 14.6 Å². The SMILES string of the molecule is COC(=O)c1cc(NCc2cc(C)n(-c3nccs3)c2C)cc(C(=O)OC)c1. The number of anilines is 1. The molecule has 0 bridgehead atoms. The number of ether oxygens (including phenoxy) is 2. The van der Waals surface area contributed by atoms with Crippen LogP contribution in [-0.2, 0) is 16.0 Å². The van der Waals surface area contributed by atoms with Gasteiger partial charge < -0.3 is 14.8 Å². The van der Waals surface area contributed by atoms with Crippen LogP contribution in [0.5, 0.6) is 0 Å². The quantitative estimate of drug-likeness (QED) is 0.636. The highest BCUT2D eigenvalue weighted by Crippen LogP contribution is 2.24. The summed E-state index contributed by atoms with van der Waals surface area (Å²) in [4.78, 5) is 28.2. The molecular formula is C20H21N3O4S. The summed E-state index contributed by atoms with van der Waals surface area (Å²) in [5.41, 5.74) is 4.44. The molecule has 1 aromatic carbocycles. The van der Waals surface area contributed by atoms with Crippen LogP contribution in [0.2, 0.25) is 0 Å². The number of carbonyl (C=O) groups is 2. The highest BCUT2D eigenvalue weighted by molar-refractivity contribution is 7.12. The van der Waals surface area contributed by atoms with Gasteiger partial charge in [0.1, 0.15) is 0 Å². The summed E-state index contributed by atoms with van der Waals surface area (Å²) >= 11 is 1.58. The second-order valence-corrected chi connectivity index (χ2v) is 7.06. The van der Waals surface area contributed by atoms with Gasteiger partial charge in [0.05, 0.1) is 25.3 Å². The first-order valence-corrected chi connectivity index (χ1v) is 9.45. The fourth-order valence-electron chi connectivity index (χ4n) is 3.03. The van der Waals surface area contributed by atoms with Crippen LogP contribution in [0.3, 0.4) is 0 Å². The highest BCUT2D eigenvalue weighted by Gasteiger charge is 2.15. The molecule has 0 aliphatic heterocycles. The Morgan fingerprint density at radius 2 is 1.71 bits per heavy atom. The Bertz CT molecular complexity index is 975. The number of hydrogen-bond donors (Lipinski definition) is 1. The Hall–Kier alpha value is -3.13. The van der Waals surface area contributed by atoms with E-state index in [-0.39, 0.29) is 11.1 Å². The second-order valence-electron chi connectivity index (χ2n) is 6.18. The molecule has 3 aromatic rings. The maximum atomic E-state index is 11.9. The normalized spacial score (nSPS) is 10.6. The van der Waals surface area contributed by atoms with Crippen LogP contribution in [0.25, 0.3) is 5.13 Å². The lowest BCUT2D eigenvalue weighted by Gasteiger charge is -2.11. The number of thiazole rings is 1. The van der Waals surface area contributed by atoms with Gasteiger partial charge in [0.2, 0.25) is 0 Å². The molecule has 0 saturated carbocycles.